The van der Waals surface area contributed by atoms with Crippen LogP contribution in [0.4, 0.5) is 5.69 Å². The largest absolute Gasteiger partial charge is 0.345 e. The first kappa shape index (κ1) is 16.9. The van der Waals surface area contributed by atoms with Crippen LogP contribution in [0.1, 0.15) is 15.4 Å². The van der Waals surface area contributed by atoms with Gasteiger partial charge in [-0.05, 0) is 42.5 Å². The lowest BCUT2D eigenvalue weighted by atomic mass is 10.2. The summed E-state index contributed by atoms with van der Waals surface area (Å²) in [5.74, 6) is -0.320. The molecule has 5 nitrogen and oxygen atoms in total. The summed E-state index contributed by atoms with van der Waals surface area (Å²) in [6.07, 6.45) is 3.15. The topological polar surface area (TPSA) is 62.3 Å². The highest BCUT2D eigenvalue weighted by Gasteiger charge is 2.07. The van der Waals surface area contributed by atoms with Crippen molar-refractivity contribution in [3.63, 3.8) is 0 Å². The Labute approximate surface area is 149 Å². The summed E-state index contributed by atoms with van der Waals surface area (Å²) in [5, 5.41) is 3.55. The molecule has 0 saturated heterocycles. The van der Waals surface area contributed by atoms with E-state index in [2.05, 4.69) is 10.3 Å². The van der Waals surface area contributed by atoms with Crippen molar-refractivity contribution in [3.8, 4) is 0 Å². The third-order valence-corrected chi connectivity index (χ3v) is 4.49. The Bertz CT molecular complexity index is 910. The molecule has 0 unspecified atom stereocenters. The predicted molar refractivity (Wildman–Crippen MR) is 102 cm³/mol. The average Bonchev–Trinajstić information content (AvgIpc) is 3.03. The second-order valence-corrected chi connectivity index (χ2v) is 6.68. The summed E-state index contributed by atoms with van der Waals surface area (Å²) < 4.78 is 1.09. The molecule has 0 aliphatic rings. The van der Waals surface area contributed by atoms with Gasteiger partial charge in [-0.1, -0.05) is 12.1 Å². The number of nitrogens with one attached hydrogen (secondary N) is 1. The lowest BCUT2D eigenvalue weighted by Gasteiger charge is -2.10. The molecular formula is C19H17N3O2S. The molecule has 0 aliphatic heterocycles. The van der Waals surface area contributed by atoms with Gasteiger partial charge in [-0.3, -0.25) is 9.59 Å². The van der Waals surface area contributed by atoms with Gasteiger partial charge < -0.3 is 10.2 Å². The molecule has 2 aromatic carbocycles. The zero-order chi connectivity index (χ0) is 17.8. The Morgan fingerprint density at radius 3 is 2.48 bits per heavy atom. The highest BCUT2D eigenvalue weighted by molar-refractivity contribution is 7.19. The van der Waals surface area contributed by atoms with Crippen molar-refractivity contribution in [2.45, 2.75) is 0 Å². The molecule has 126 valence electrons. The number of para-hydroxylation sites is 1. The Kier molecular flexibility index (Phi) is 4.90. The third-order valence-electron chi connectivity index (χ3n) is 3.49. The molecule has 0 radical (unpaired) electrons. The Morgan fingerprint density at radius 1 is 1.08 bits per heavy atom. The van der Waals surface area contributed by atoms with Gasteiger partial charge in [0.05, 0.1) is 10.2 Å². The van der Waals surface area contributed by atoms with E-state index in [4.69, 9.17) is 0 Å². The van der Waals surface area contributed by atoms with E-state index in [0.29, 0.717) is 11.3 Å². The molecule has 0 fully saturated rings. The van der Waals surface area contributed by atoms with E-state index in [1.807, 2.05) is 24.3 Å². The normalized spacial score (nSPS) is 11.0. The average molecular weight is 351 g/mol. The van der Waals surface area contributed by atoms with Crippen LogP contribution in [0.15, 0.2) is 54.6 Å². The van der Waals surface area contributed by atoms with Gasteiger partial charge in [-0.25, -0.2) is 4.98 Å². The fourth-order valence-corrected chi connectivity index (χ4v) is 3.12. The van der Waals surface area contributed by atoms with E-state index in [1.165, 1.54) is 22.3 Å². The molecular weight excluding hydrogens is 334 g/mol. The van der Waals surface area contributed by atoms with Gasteiger partial charge >= 0.3 is 0 Å². The van der Waals surface area contributed by atoms with Crippen LogP contribution in [0.3, 0.4) is 0 Å². The lowest BCUT2D eigenvalue weighted by Crippen LogP contribution is -2.21. The SMILES string of the molecule is CN(C)C(=O)c1ccc(NC(=O)/C=C/c2nc3ccccc3s2)cc1. The molecule has 0 atom stereocenters. The summed E-state index contributed by atoms with van der Waals surface area (Å²) in [6, 6.07) is 14.6. The maximum atomic E-state index is 12.0. The maximum absolute atomic E-state index is 12.0. The van der Waals surface area contributed by atoms with Crippen LogP contribution in [-0.2, 0) is 4.79 Å². The zero-order valence-corrected chi connectivity index (χ0v) is 14.7. The van der Waals surface area contributed by atoms with Gasteiger partial charge in [0, 0.05) is 31.4 Å². The summed E-state index contributed by atoms with van der Waals surface area (Å²) >= 11 is 1.53. The smallest absolute Gasteiger partial charge is 0.253 e. The van der Waals surface area contributed by atoms with E-state index >= 15 is 0 Å². The fraction of sp³-hybridized carbons (Fsp3) is 0.105. The second kappa shape index (κ2) is 7.27. The molecule has 3 rings (SSSR count). The van der Waals surface area contributed by atoms with Crippen LogP contribution in [0.25, 0.3) is 16.3 Å². The number of carbonyl (C=O) groups excluding carboxylic acids is 2. The third kappa shape index (κ3) is 4.10. The minimum absolute atomic E-state index is 0.0754. The molecule has 1 N–H and O–H groups in total. The highest BCUT2D eigenvalue weighted by Crippen LogP contribution is 2.22. The molecule has 25 heavy (non-hydrogen) atoms. The van der Waals surface area contributed by atoms with Crippen LogP contribution in [0.5, 0.6) is 0 Å². The Hall–Kier alpha value is -2.99. The standard InChI is InChI=1S/C19H17N3O2S/c1-22(2)19(24)13-7-9-14(10-8-13)20-17(23)11-12-18-21-15-5-3-4-6-16(15)25-18/h3-12H,1-2H3,(H,20,23)/b12-11+. The highest BCUT2D eigenvalue weighted by atomic mass is 32.1. The molecule has 0 spiro atoms. The van der Waals surface area contributed by atoms with Crippen molar-refractivity contribution in [1.82, 2.24) is 9.88 Å². The van der Waals surface area contributed by atoms with E-state index in [-0.39, 0.29) is 11.8 Å². The van der Waals surface area contributed by atoms with Crippen LogP contribution in [0, 0.1) is 0 Å². The van der Waals surface area contributed by atoms with Crippen molar-refractivity contribution in [1.29, 1.82) is 0 Å². The number of rotatable bonds is 4. The Balaban J connectivity index is 1.64. The Morgan fingerprint density at radius 2 is 1.80 bits per heavy atom. The van der Waals surface area contributed by atoms with Crippen molar-refractivity contribution >= 4 is 45.1 Å². The first-order valence-corrected chi connectivity index (χ1v) is 8.51. The van der Waals surface area contributed by atoms with Crippen LogP contribution in [0.2, 0.25) is 0 Å². The molecule has 0 aliphatic carbocycles. The van der Waals surface area contributed by atoms with Crippen LogP contribution in [-0.4, -0.2) is 35.8 Å². The summed E-state index contributed by atoms with van der Waals surface area (Å²) in [4.78, 5) is 29.8. The molecule has 0 saturated carbocycles. The van der Waals surface area contributed by atoms with Crippen molar-refractivity contribution in [3.05, 3.63) is 65.2 Å². The zero-order valence-electron chi connectivity index (χ0n) is 13.9. The van der Waals surface area contributed by atoms with Gasteiger partial charge in [0.1, 0.15) is 5.01 Å². The van der Waals surface area contributed by atoms with Gasteiger partial charge in [0.25, 0.3) is 5.91 Å². The van der Waals surface area contributed by atoms with Crippen molar-refractivity contribution in [2.24, 2.45) is 0 Å². The number of hydrogen-bond donors (Lipinski definition) is 1. The van der Waals surface area contributed by atoms with Crippen molar-refractivity contribution < 1.29 is 9.59 Å². The number of fused-ring (bicyclic) bond motifs is 1. The van der Waals surface area contributed by atoms with Gasteiger partial charge in [0.15, 0.2) is 0 Å². The molecule has 3 aromatic rings. The summed E-state index contributed by atoms with van der Waals surface area (Å²) in [7, 11) is 3.40. The predicted octanol–water partition coefficient (Wildman–Crippen LogP) is 3.65. The number of amides is 2. The molecule has 6 heteroatoms. The molecule has 0 bridgehead atoms. The summed E-state index contributed by atoms with van der Waals surface area (Å²) in [6.45, 7) is 0. The first-order chi connectivity index (χ1) is 12.0. The quantitative estimate of drug-likeness (QED) is 0.730. The lowest BCUT2D eigenvalue weighted by molar-refractivity contribution is -0.111. The van der Waals surface area contributed by atoms with Crippen molar-refractivity contribution in [2.75, 3.05) is 19.4 Å². The number of aromatic nitrogens is 1. The monoisotopic (exact) mass is 351 g/mol. The minimum Gasteiger partial charge on any atom is -0.345 e. The maximum Gasteiger partial charge on any atom is 0.253 e. The summed E-state index contributed by atoms with van der Waals surface area (Å²) in [5.41, 5.74) is 2.14. The molecule has 1 heterocycles. The van der Waals surface area contributed by atoms with Gasteiger partial charge in [-0.2, -0.15) is 0 Å². The minimum atomic E-state index is -0.244. The second-order valence-electron chi connectivity index (χ2n) is 5.62. The van der Waals surface area contributed by atoms with E-state index in [1.54, 1.807) is 44.4 Å². The van der Waals surface area contributed by atoms with E-state index in [9.17, 15) is 9.59 Å². The van der Waals surface area contributed by atoms with Crippen LogP contribution >= 0.6 is 11.3 Å². The molecule has 2 amide bonds. The van der Waals surface area contributed by atoms with E-state index in [0.717, 1.165) is 15.2 Å². The number of carbonyl (C=O) groups is 2. The number of thiazole rings is 1. The number of hydrogen-bond acceptors (Lipinski definition) is 4. The molecule has 1 aromatic heterocycles. The number of anilines is 1. The number of benzene rings is 2. The first-order valence-electron chi connectivity index (χ1n) is 7.69. The fourth-order valence-electron chi connectivity index (χ4n) is 2.25. The van der Waals surface area contributed by atoms with Gasteiger partial charge in [-0.15, -0.1) is 11.3 Å². The van der Waals surface area contributed by atoms with E-state index < -0.39 is 0 Å². The van der Waals surface area contributed by atoms with Crippen LogP contribution < -0.4 is 5.32 Å². The number of nitrogens with zero attached hydrogens (tertiary/aromatic N) is 2. The van der Waals surface area contributed by atoms with Gasteiger partial charge in [0.2, 0.25) is 5.91 Å².